The van der Waals surface area contributed by atoms with Gasteiger partial charge in [0, 0.05) is 19.3 Å². The van der Waals surface area contributed by atoms with Crippen LogP contribution in [0.1, 0.15) is 12.1 Å². The van der Waals surface area contributed by atoms with Gasteiger partial charge in [0.25, 0.3) is 11.3 Å². The first-order valence-corrected chi connectivity index (χ1v) is 6.02. The molecule has 0 spiro atoms. The van der Waals surface area contributed by atoms with E-state index in [4.69, 9.17) is 5.11 Å². The van der Waals surface area contributed by atoms with E-state index in [0.717, 1.165) is 0 Å². The molecule has 3 aromatic heterocycles. The van der Waals surface area contributed by atoms with E-state index in [1.165, 1.54) is 6.33 Å². The fraction of sp³-hybridized carbons (Fsp3) is 0.333. The summed E-state index contributed by atoms with van der Waals surface area (Å²) in [5.74, 6) is 0.484. The minimum atomic E-state index is -0.117. The van der Waals surface area contributed by atoms with E-state index in [2.05, 4.69) is 15.1 Å². The summed E-state index contributed by atoms with van der Waals surface area (Å²) in [6.07, 6.45) is 3.67. The summed E-state index contributed by atoms with van der Waals surface area (Å²) < 4.78 is 3.14. The highest BCUT2D eigenvalue weighted by Gasteiger charge is 2.11. The largest absolute Gasteiger partial charge is 0.396 e. The van der Waals surface area contributed by atoms with Gasteiger partial charge in [-0.15, -0.1) is 0 Å². The topological polar surface area (TPSA) is 85.3 Å². The molecule has 3 aromatic rings. The van der Waals surface area contributed by atoms with Crippen LogP contribution in [0.4, 0.5) is 0 Å². The summed E-state index contributed by atoms with van der Waals surface area (Å²) in [6, 6.07) is 1.82. The number of hydrogen-bond donors (Lipinski definition) is 1. The molecule has 0 saturated carbocycles. The zero-order chi connectivity index (χ0) is 13.4. The molecule has 98 valence electrons. The number of aryl methyl sites for hydroxylation is 2. The van der Waals surface area contributed by atoms with Gasteiger partial charge >= 0.3 is 0 Å². The Bertz CT molecular complexity index is 805. The van der Waals surface area contributed by atoms with Crippen molar-refractivity contribution in [2.24, 2.45) is 0 Å². The number of fused-ring (bicyclic) bond motifs is 3. The van der Waals surface area contributed by atoms with Crippen molar-refractivity contribution in [3.05, 3.63) is 34.6 Å². The van der Waals surface area contributed by atoms with Crippen LogP contribution in [0.25, 0.3) is 16.7 Å². The van der Waals surface area contributed by atoms with E-state index in [0.29, 0.717) is 35.3 Å². The first-order valence-electron chi connectivity index (χ1n) is 6.02. The Balaban J connectivity index is 2.33. The van der Waals surface area contributed by atoms with Crippen molar-refractivity contribution < 1.29 is 5.11 Å². The van der Waals surface area contributed by atoms with Gasteiger partial charge in [-0.25, -0.2) is 4.98 Å². The molecule has 3 rings (SSSR count). The highest BCUT2D eigenvalue weighted by Crippen LogP contribution is 2.13. The molecule has 0 amide bonds. The van der Waals surface area contributed by atoms with Crippen LogP contribution in [0.5, 0.6) is 0 Å². The fourth-order valence-electron chi connectivity index (χ4n) is 2.19. The summed E-state index contributed by atoms with van der Waals surface area (Å²) in [6.45, 7) is 2.33. The fourth-order valence-corrected chi connectivity index (χ4v) is 2.19. The Labute approximate surface area is 108 Å². The maximum Gasteiger partial charge on any atom is 0.261 e. The van der Waals surface area contributed by atoms with Crippen molar-refractivity contribution in [2.45, 2.75) is 19.9 Å². The van der Waals surface area contributed by atoms with E-state index in [-0.39, 0.29) is 12.2 Å². The Morgan fingerprint density at radius 1 is 1.42 bits per heavy atom. The van der Waals surface area contributed by atoms with E-state index in [9.17, 15) is 4.79 Å². The van der Waals surface area contributed by atoms with Crippen molar-refractivity contribution in [1.82, 2.24) is 24.1 Å². The van der Waals surface area contributed by atoms with Crippen molar-refractivity contribution >= 4 is 16.7 Å². The van der Waals surface area contributed by atoms with Crippen LogP contribution in [-0.4, -0.2) is 35.9 Å². The summed E-state index contributed by atoms with van der Waals surface area (Å²) in [4.78, 5) is 20.7. The lowest BCUT2D eigenvalue weighted by molar-refractivity contribution is 0.279. The Hall–Kier alpha value is -2.28. The van der Waals surface area contributed by atoms with Gasteiger partial charge < -0.3 is 9.67 Å². The monoisotopic (exact) mass is 259 g/mol. The van der Waals surface area contributed by atoms with Crippen molar-refractivity contribution in [1.29, 1.82) is 0 Å². The predicted molar refractivity (Wildman–Crippen MR) is 69.0 cm³/mol. The quantitative estimate of drug-likeness (QED) is 0.722. The van der Waals surface area contributed by atoms with Crippen LogP contribution in [0.2, 0.25) is 0 Å². The third kappa shape index (κ3) is 1.78. The van der Waals surface area contributed by atoms with Gasteiger partial charge in [0.2, 0.25) is 0 Å². The maximum absolute atomic E-state index is 12.4. The first kappa shape index (κ1) is 11.8. The standard InChI is InChI=1S/C12H13N5O2/c1-8-10-9(17-12(15-8)13-7-14-17)3-5-16(11(10)19)4-2-6-18/h3,5,7,18H,2,4,6H2,1H3. The number of nitrogens with zero attached hydrogens (tertiary/aromatic N) is 5. The van der Waals surface area contributed by atoms with Crippen LogP contribution in [0, 0.1) is 6.92 Å². The zero-order valence-electron chi connectivity index (χ0n) is 10.4. The van der Waals surface area contributed by atoms with Gasteiger partial charge in [-0.1, -0.05) is 0 Å². The molecule has 0 aliphatic rings. The highest BCUT2D eigenvalue weighted by molar-refractivity contribution is 5.81. The second kappa shape index (κ2) is 4.43. The molecule has 0 bridgehead atoms. The van der Waals surface area contributed by atoms with Gasteiger partial charge in [0.15, 0.2) is 0 Å². The van der Waals surface area contributed by atoms with Gasteiger partial charge in [0.05, 0.1) is 16.6 Å². The van der Waals surface area contributed by atoms with Crippen molar-refractivity contribution in [3.8, 4) is 0 Å². The molecule has 0 aliphatic heterocycles. The second-order valence-corrected chi connectivity index (χ2v) is 4.32. The van der Waals surface area contributed by atoms with Crippen molar-refractivity contribution in [2.75, 3.05) is 6.61 Å². The van der Waals surface area contributed by atoms with Crippen molar-refractivity contribution in [3.63, 3.8) is 0 Å². The van der Waals surface area contributed by atoms with Gasteiger partial charge in [0.1, 0.15) is 6.33 Å². The molecule has 3 heterocycles. The minimum absolute atomic E-state index is 0.0593. The Kier molecular flexibility index (Phi) is 2.75. The number of hydrogen-bond acceptors (Lipinski definition) is 5. The maximum atomic E-state index is 12.4. The molecule has 7 nitrogen and oxygen atoms in total. The second-order valence-electron chi connectivity index (χ2n) is 4.32. The number of aliphatic hydroxyl groups excluding tert-OH is 1. The molecular weight excluding hydrogens is 246 g/mol. The normalized spacial score (nSPS) is 11.5. The number of aromatic nitrogens is 5. The van der Waals surface area contributed by atoms with Crippen LogP contribution < -0.4 is 5.56 Å². The minimum Gasteiger partial charge on any atom is -0.396 e. The summed E-state index contributed by atoms with van der Waals surface area (Å²) in [5.41, 5.74) is 1.22. The van der Waals surface area contributed by atoms with E-state index in [1.807, 2.05) is 6.07 Å². The molecule has 0 fully saturated rings. The van der Waals surface area contributed by atoms with E-state index >= 15 is 0 Å². The van der Waals surface area contributed by atoms with E-state index < -0.39 is 0 Å². The van der Waals surface area contributed by atoms with Gasteiger partial charge in [-0.05, 0) is 19.4 Å². The lowest BCUT2D eigenvalue weighted by Crippen LogP contribution is -2.22. The van der Waals surface area contributed by atoms with Crippen LogP contribution in [-0.2, 0) is 6.54 Å². The Morgan fingerprint density at radius 3 is 3.05 bits per heavy atom. The van der Waals surface area contributed by atoms with Crippen LogP contribution in [0.3, 0.4) is 0 Å². The molecule has 7 heteroatoms. The van der Waals surface area contributed by atoms with E-state index in [1.54, 1.807) is 22.2 Å². The SMILES string of the molecule is Cc1nc2ncnn2c2ccn(CCCO)c(=O)c12. The molecular formula is C12H13N5O2. The third-order valence-electron chi connectivity index (χ3n) is 3.09. The number of rotatable bonds is 3. The molecule has 0 unspecified atom stereocenters. The summed E-state index contributed by atoms with van der Waals surface area (Å²) >= 11 is 0. The Morgan fingerprint density at radius 2 is 2.26 bits per heavy atom. The molecule has 0 saturated heterocycles. The average molecular weight is 259 g/mol. The van der Waals surface area contributed by atoms with Crippen LogP contribution in [0.15, 0.2) is 23.4 Å². The molecule has 0 radical (unpaired) electrons. The summed E-state index contributed by atoms with van der Waals surface area (Å²) in [5, 5.41) is 13.5. The summed E-state index contributed by atoms with van der Waals surface area (Å²) in [7, 11) is 0. The molecule has 0 aliphatic carbocycles. The number of aliphatic hydroxyl groups is 1. The molecule has 0 atom stereocenters. The highest BCUT2D eigenvalue weighted by atomic mass is 16.3. The lowest BCUT2D eigenvalue weighted by atomic mass is 10.2. The van der Waals surface area contributed by atoms with Crippen LogP contribution >= 0.6 is 0 Å². The van der Waals surface area contributed by atoms with Gasteiger partial charge in [-0.2, -0.15) is 14.6 Å². The molecule has 19 heavy (non-hydrogen) atoms. The molecule has 0 aromatic carbocycles. The molecule has 1 N–H and O–H groups in total. The smallest absolute Gasteiger partial charge is 0.261 e. The zero-order valence-corrected chi connectivity index (χ0v) is 10.4. The average Bonchev–Trinajstić information content (AvgIpc) is 2.85. The third-order valence-corrected chi connectivity index (χ3v) is 3.09. The van der Waals surface area contributed by atoms with Gasteiger partial charge in [-0.3, -0.25) is 4.79 Å². The number of pyridine rings is 1. The lowest BCUT2D eigenvalue weighted by Gasteiger charge is -2.08. The first-order chi connectivity index (χ1) is 9.22. The predicted octanol–water partition coefficient (Wildman–Crippen LogP) is 0.130.